The number of nitrogens with one attached hydrogen (secondary N) is 1. The van der Waals surface area contributed by atoms with E-state index >= 15 is 0 Å². The van der Waals surface area contributed by atoms with Crippen LogP contribution < -0.4 is 15.0 Å². The molecule has 0 bridgehead atoms. The molecule has 4 amide bonds. The molecule has 0 radical (unpaired) electrons. The van der Waals surface area contributed by atoms with Crippen molar-refractivity contribution < 1.29 is 23.5 Å². The molecular formula is C26H20BrFN2O4. The number of urea groups is 1. The molecule has 34 heavy (non-hydrogen) atoms. The number of halogens is 2. The van der Waals surface area contributed by atoms with Crippen LogP contribution in [-0.4, -0.2) is 17.8 Å². The molecule has 0 atom stereocenters. The third-order valence-electron chi connectivity index (χ3n) is 5.30. The largest absolute Gasteiger partial charge is 0.488 e. The first-order valence-electron chi connectivity index (χ1n) is 10.4. The number of rotatable bonds is 5. The van der Waals surface area contributed by atoms with Gasteiger partial charge < -0.3 is 4.74 Å². The van der Waals surface area contributed by atoms with E-state index < -0.39 is 17.8 Å². The number of carbonyl (C=O) groups excluding carboxylic acids is 3. The number of aryl methyl sites for hydroxylation is 2. The predicted molar refractivity (Wildman–Crippen MR) is 130 cm³/mol. The minimum Gasteiger partial charge on any atom is -0.488 e. The number of nitrogens with zero attached hydrogens (tertiary/aromatic N) is 1. The smallest absolute Gasteiger partial charge is 0.335 e. The molecule has 0 unspecified atom stereocenters. The van der Waals surface area contributed by atoms with Crippen LogP contribution in [-0.2, 0) is 16.2 Å². The summed E-state index contributed by atoms with van der Waals surface area (Å²) < 4.78 is 20.1. The third-order valence-corrected chi connectivity index (χ3v) is 5.92. The molecule has 0 aromatic heterocycles. The van der Waals surface area contributed by atoms with Crippen molar-refractivity contribution in [3.8, 4) is 5.75 Å². The number of hydrogen-bond acceptors (Lipinski definition) is 4. The number of anilines is 1. The lowest BCUT2D eigenvalue weighted by atomic mass is 10.0. The highest BCUT2D eigenvalue weighted by molar-refractivity contribution is 9.10. The van der Waals surface area contributed by atoms with Gasteiger partial charge in [0.15, 0.2) is 0 Å². The zero-order valence-corrected chi connectivity index (χ0v) is 20.0. The van der Waals surface area contributed by atoms with Crippen molar-refractivity contribution >= 4 is 45.5 Å². The number of hydrogen-bond donors (Lipinski definition) is 1. The van der Waals surface area contributed by atoms with Crippen molar-refractivity contribution in [3.63, 3.8) is 0 Å². The lowest BCUT2D eigenvalue weighted by Gasteiger charge is -2.27. The van der Waals surface area contributed by atoms with Crippen molar-refractivity contribution in [1.82, 2.24) is 5.32 Å². The summed E-state index contributed by atoms with van der Waals surface area (Å²) in [5, 5.41) is 2.23. The van der Waals surface area contributed by atoms with Gasteiger partial charge in [0.1, 0.15) is 23.7 Å². The molecule has 1 aliphatic rings. The van der Waals surface area contributed by atoms with Crippen molar-refractivity contribution in [1.29, 1.82) is 0 Å². The molecule has 8 heteroatoms. The average Bonchev–Trinajstić information content (AvgIpc) is 2.78. The third kappa shape index (κ3) is 4.77. The van der Waals surface area contributed by atoms with Crippen molar-refractivity contribution in [3.05, 3.63) is 98.8 Å². The van der Waals surface area contributed by atoms with Crippen molar-refractivity contribution in [2.45, 2.75) is 20.5 Å². The molecule has 3 aromatic rings. The first-order chi connectivity index (χ1) is 16.2. The summed E-state index contributed by atoms with van der Waals surface area (Å²) in [4.78, 5) is 39.0. The van der Waals surface area contributed by atoms with E-state index in [1.165, 1.54) is 12.1 Å². The van der Waals surface area contributed by atoms with Crippen molar-refractivity contribution in [2.24, 2.45) is 0 Å². The number of amides is 4. The van der Waals surface area contributed by atoms with E-state index in [2.05, 4.69) is 21.2 Å². The van der Waals surface area contributed by atoms with Gasteiger partial charge in [0.2, 0.25) is 0 Å². The lowest BCUT2D eigenvalue weighted by molar-refractivity contribution is -0.122. The fourth-order valence-corrected chi connectivity index (χ4v) is 4.11. The Morgan fingerprint density at radius 3 is 2.50 bits per heavy atom. The fourth-order valence-electron chi connectivity index (χ4n) is 3.59. The lowest BCUT2D eigenvalue weighted by Crippen LogP contribution is -2.54. The maximum atomic E-state index is 13.8. The van der Waals surface area contributed by atoms with Gasteiger partial charge in [0.05, 0.1) is 10.2 Å². The molecule has 1 heterocycles. The highest BCUT2D eigenvalue weighted by Crippen LogP contribution is 2.30. The van der Waals surface area contributed by atoms with Crippen molar-refractivity contribution in [2.75, 3.05) is 4.90 Å². The summed E-state index contributed by atoms with van der Waals surface area (Å²) in [6.45, 7) is 3.74. The molecule has 0 saturated carbocycles. The van der Waals surface area contributed by atoms with Gasteiger partial charge in [-0.2, -0.15) is 0 Å². The standard InChI is InChI=1S/C26H20BrFN2O4/c1-15-7-9-22(16(2)11-15)30-25(32)19(24(31)29-26(30)33)12-17-8-10-23(20(27)13-17)34-14-18-5-3-4-6-21(18)28/h3-13H,14H2,1-2H3,(H,29,31,33)/b19-12+. The Bertz CT molecular complexity index is 1350. The van der Waals surface area contributed by atoms with Gasteiger partial charge in [-0.3, -0.25) is 14.9 Å². The summed E-state index contributed by atoms with van der Waals surface area (Å²) >= 11 is 3.41. The van der Waals surface area contributed by atoms with Crippen LogP contribution in [0.1, 0.15) is 22.3 Å². The van der Waals surface area contributed by atoms with E-state index in [0.29, 0.717) is 27.0 Å². The van der Waals surface area contributed by atoms with Crippen LogP contribution >= 0.6 is 15.9 Å². The van der Waals surface area contributed by atoms with E-state index in [4.69, 9.17) is 4.74 Å². The molecule has 0 aliphatic carbocycles. The topological polar surface area (TPSA) is 75.7 Å². The van der Waals surface area contributed by atoms with E-state index in [1.807, 2.05) is 13.0 Å². The first kappa shape index (κ1) is 23.4. The Hall–Kier alpha value is -3.78. The molecule has 1 fully saturated rings. The van der Waals surface area contributed by atoms with Crippen LogP contribution in [0.25, 0.3) is 6.08 Å². The summed E-state index contributed by atoms with van der Waals surface area (Å²) in [5.74, 6) is -1.37. The Labute approximate surface area is 204 Å². The van der Waals surface area contributed by atoms with Crippen LogP contribution in [0.2, 0.25) is 0 Å². The predicted octanol–water partition coefficient (Wildman–Crippen LogP) is 5.45. The Kier molecular flexibility index (Phi) is 6.61. The highest BCUT2D eigenvalue weighted by Gasteiger charge is 2.37. The van der Waals surface area contributed by atoms with Gasteiger partial charge in [-0.15, -0.1) is 0 Å². The van der Waals surface area contributed by atoms with Crippen LogP contribution in [0.5, 0.6) is 5.75 Å². The number of ether oxygens (including phenoxy) is 1. The number of carbonyl (C=O) groups is 3. The molecule has 3 aromatic carbocycles. The Morgan fingerprint density at radius 1 is 1.03 bits per heavy atom. The molecule has 1 saturated heterocycles. The summed E-state index contributed by atoms with van der Waals surface area (Å²) in [6.07, 6.45) is 1.41. The summed E-state index contributed by atoms with van der Waals surface area (Å²) in [5.41, 5.74) is 2.91. The molecule has 6 nitrogen and oxygen atoms in total. The van der Waals surface area contributed by atoms with Crippen LogP contribution in [0.3, 0.4) is 0 Å². The summed E-state index contributed by atoms with van der Waals surface area (Å²) in [6, 6.07) is 15.8. The second-order valence-corrected chi connectivity index (χ2v) is 8.67. The summed E-state index contributed by atoms with van der Waals surface area (Å²) in [7, 11) is 0. The fraction of sp³-hybridized carbons (Fsp3) is 0.115. The zero-order chi connectivity index (χ0) is 24.4. The molecule has 0 spiro atoms. The average molecular weight is 523 g/mol. The first-order valence-corrected chi connectivity index (χ1v) is 11.2. The van der Waals surface area contributed by atoms with Crippen LogP contribution in [0.4, 0.5) is 14.9 Å². The maximum absolute atomic E-state index is 13.8. The second-order valence-electron chi connectivity index (χ2n) is 7.82. The SMILES string of the molecule is Cc1ccc(N2C(=O)NC(=O)/C(=C\c3ccc(OCc4ccccc4F)c(Br)c3)C2=O)c(C)c1. The van der Waals surface area contributed by atoms with Crippen LogP contribution in [0.15, 0.2) is 70.7 Å². The number of imide groups is 2. The minimum absolute atomic E-state index is 0.0412. The van der Waals surface area contributed by atoms with Gasteiger partial charge in [-0.25, -0.2) is 14.1 Å². The molecule has 1 N–H and O–H groups in total. The maximum Gasteiger partial charge on any atom is 0.335 e. The normalized spacial score (nSPS) is 15.0. The van der Waals surface area contributed by atoms with Gasteiger partial charge >= 0.3 is 6.03 Å². The molecule has 4 rings (SSSR count). The number of benzene rings is 3. The van der Waals surface area contributed by atoms with E-state index in [1.54, 1.807) is 55.5 Å². The molecule has 172 valence electrons. The number of barbiturate groups is 1. The quantitative estimate of drug-likeness (QED) is 0.357. The Balaban J connectivity index is 1.59. The zero-order valence-electron chi connectivity index (χ0n) is 18.4. The van der Waals surface area contributed by atoms with Gasteiger partial charge in [-0.05, 0) is 71.2 Å². The van der Waals surface area contributed by atoms with Gasteiger partial charge in [-0.1, -0.05) is 42.0 Å². The highest BCUT2D eigenvalue weighted by atomic mass is 79.9. The van der Waals surface area contributed by atoms with Gasteiger partial charge in [0.25, 0.3) is 11.8 Å². The molecular weight excluding hydrogens is 503 g/mol. The van der Waals surface area contributed by atoms with E-state index in [-0.39, 0.29) is 18.0 Å². The Morgan fingerprint density at radius 2 is 1.79 bits per heavy atom. The van der Waals surface area contributed by atoms with E-state index in [0.717, 1.165) is 16.0 Å². The van der Waals surface area contributed by atoms with E-state index in [9.17, 15) is 18.8 Å². The van der Waals surface area contributed by atoms with Crippen LogP contribution in [0, 0.1) is 19.7 Å². The molecule has 1 aliphatic heterocycles. The second kappa shape index (κ2) is 9.61. The monoisotopic (exact) mass is 522 g/mol. The van der Waals surface area contributed by atoms with Gasteiger partial charge in [0, 0.05) is 5.56 Å². The minimum atomic E-state index is -0.794.